The van der Waals surface area contributed by atoms with Gasteiger partial charge in [0.25, 0.3) is 0 Å². The van der Waals surface area contributed by atoms with Crippen LogP contribution in [0.15, 0.2) is 0 Å². The fourth-order valence-corrected chi connectivity index (χ4v) is 2.47. The number of carbonyl (C=O) groups is 1. The van der Waals surface area contributed by atoms with E-state index in [1.54, 1.807) is 0 Å². The highest BCUT2D eigenvalue weighted by molar-refractivity contribution is 5.69. The van der Waals surface area contributed by atoms with Crippen LogP contribution in [0, 0.1) is 0 Å². The topological polar surface area (TPSA) is 29.5 Å². The first-order valence-corrected chi connectivity index (χ1v) is 5.17. The van der Waals surface area contributed by atoms with Crippen molar-refractivity contribution in [1.82, 2.24) is 4.90 Å². The number of nitrogens with zero attached hydrogens (tertiary/aromatic N) is 1. The molecule has 0 aromatic rings. The Hall–Kier alpha value is -0.730. The summed E-state index contributed by atoms with van der Waals surface area (Å²) < 4.78 is 5.20. The molecule has 0 aliphatic carbocycles. The first-order valence-electron chi connectivity index (χ1n) is 5.17. The summed E-state index contributed by atoms with van der Waals surface area (Å²) in [6, 6.07) is 0.965. The van der Waals surface area contributed by atoms with Crippen LogP contribution in [0.1, 0.15) is 39.5 Å². The summed E-state index contributed by atoms with van der Waals surface area (Å²) in [5.74, 6) is 0. The third-order valence-electron chi connectivity index (χ3n) is 3.00. The summed E-state index contributed by atoms with van der Waals surface area (Å²) in [5.41, 5.74) is 0. The average Bonchev–Trinajstić information content (AvgIpc) is 2.60. The number of rotatable bonds is 1. The van der Waals surface area contributed by atoms with Gasteiger partial charge in [0, 0.05) is 12.1 Å². The molecular formula is C10H17NO2. The molecule has 0 aromatic heterocycles. The molecule has 2 saturated heterocycles. The standard InChI is InChI=1S/C10H17NO2/c1-7(2)13-10(12)11-8-3-4-9(11)6-5-8/h7-9H,3-6H2,1-2H3. The third kappa shape index (κ3) is 1.52. The third-order valence-corrected chi connectivity index (χ3v) is 3.00. The minimum Gasteiger partial charge on any atom is -0.447 e. The Morgan fingerprint density at radius 1 is 1.23 bits per heavy atom. The molecule has 2 bridgehead atoms. The lowest BCUT2D eigenvalue weighted by molar-refractivity contribution is 0.0721. The molecule has 13 heavy (non-hydrogen) atoms. The van der Waals surface area contributed by atoms with Gasteiger partial charge in [-0.25, -0.2) is 4.79 Å². The van der Waals surface area contributed by atoms with Crippen LogP contribution in [0.25, 0.3) is 0 Å². The lowest BCUT2D eigenvalue weighted by Gasteiger charge is -2.22. The minimum atomic E-state index is -0.0972. The van der Waals surface area contributed by atoms with Crippen molar-refractivity contribution in [2.75, 3.05) is 0 Å². The van der Waals surface area contributed by atoms with Crippen LogP contribution in [0.5, 0.6) is 0 Å². The predicted molar refractivity (Wildman–Crippen MR) is 49.5 cm³/mol. The molecule has 0 atom stereocenters. The maximum Gasteiger partial charge on any atom is 0.410 e. The van der Waals surface area contributed by atoms with E-state index in [1.165, 1.54) is 25.7 Å². The predicted octanol–water partition coefficient (Wildman–Crippen LogP) is 2.16. The number of hydrogen-bond acceptors (Lipinski definition) is 2. The molecule has 0 spiro atoms. The zero-order valence-corrected chi connectivity index (χ0v) is 8.32. The van der Waals surface area contributed by atoms with E-state index in [0.29, 0.717) is 12.1 Å². The lowest BCUT2D eigenvalue weighted by Crippen LogP contribution is -2.36. The Morgan fingerprint density at radius 3 is 2.08 bits per heavy atom. The molecule has 0 saturated carbocycles. The Balaban J connectivity index is 1.97. The van der Waals surface area contributed by atoms with Gasteiger partial charge in [-0.2, -0.15) is 0 Å². The van der Waals surface area contributed by atoms with Crippen molar-refractivity contribution in [3.05, 3.63) is 0 Å². The van der Waals surface area contributed by atoms with Gasteiger partial charge in [0.05, 0.1) is 6.10 Å². The second-order valence-electron chi connectivity index (χ2n) is 4.30. The van der Waals surface area contributed by atoms with E-state index in [4.69, 9.17) is 4.74 Å². The highest BCUT2D eigenvalue weighted by atomic mass is 16.6. The molecule has 0 aromatic carbocycles. The van der Waals surface area contributed by atoms with Crippen LogP contribution in [-0.2, 0) is 4.74 Å². The highest BCUT2D eigenvalue weighted by Gasteiger charge is 2.43. The Kier molecular flexibility index (Phi) is 2.18. The first kappa shape index (κ1) is 8.85. The van der Waals surface area contributed by atoms with Gasteiger partial charge < -0.3 is 9.64 Å². The summed E-state index contributed by atoms with van der Waals surface area (Å²) in [4.78, 5) is 13.6. The molecule has 2 rings (SSSR count). The van der Waals surface area contributed by atoms with Gasteiger partial charge in [0.1, 0.15) is 0 Å². The molecule has 1 amide bonds. The minimum absolute atomic E-state index is 0.00694. The largest absolute Gasteiger partial charge is 0.447 e. The van der Waals surface area contributed by atoms with Crippen molar-refractivity contribution >= 4 is 6.09 Å². The number of hydrogen-bond donors (Lipinski definition) is 0. The van der Waals surface area contributed by atoms with Crippen molar-refractivity contribution in [2.45, 2.75) is 57.7 Å². The Morgan fingerprint density at radius 2 is 1.69 bits per heavy atom. The molecule has 3 nitrogen and oxygen atoms in total. The molecule has 0 unspecified atom stereocenters. The van der Waals surface area contributed by atoms with Gasteiger partial charge in [0.15, 0.2) is 0 Å². The normalized spacial score (nSPS) is 31.5. The van der Waals surface area contributed by atoms with Gasteiger partial charge in [-0.05, 0) is 39.5 Å². The highest BCUT2D eigenvalue weighted by Crippen LogP contribution is 2.37. The Bertz CT molecular complexity index is 195. The maximum absolute atomic E-state index is 11.6. The number of fused-ring (bicyclic) bond motifs is 2. The summed E-state index contributed by atoms with van der Waals surface area (Å²) in [6.07, 6.45) is 4.62. The maximum atomic E-state index is 11.6. The zero-order valence-electron chi connectivity index (χ0n) is 8.32. The zero-order chi connectivity index (χ0) is 9.42. The van der Waals surface area contributed by atoms with E-state index in [9.17, 15) is 4.79 Å². The Labute approximate surface area is 79.0 Å². The molecule has 74 valence electrons. The SMILES string of the molecule is CC(C)OC(=O)N1C2CCC1CC2. The molecule has 2 aliphatic rings. The first-order chi connectivity index (χ1) is 6.18. The van der Waals surface area contributed by atoms with Crippen LogP contribution < -0.4 is 0 Å². The molecule has 2 heterocycles. The number of amides is 1. The van der Waals surface area contributed by atoms with Gasteiger partial charge in [-0.3, -0.25) is 0 Å². The average molecular weight is 183 g/mol. The number of ether oxygens (including phenoxy) is 1. The second kappa shape index (κ2) is 3.20. The molecule has 0 radical (unpaired) electrons. The van der Waals surface area contributed by atoms with Gasteiger partial charge >= 0.3 is 6.09 Å². The van der Waals surface area contributed by atoms with E-state index in [1.807, 2.05) is 18.7 Å². The van der Waals surface area contributed by atoms with E-state index in [2.05, 4.69) is 0 Å². The summed E-state index contributed by atoms with van der Waals surface area (Å²) >= 11 is 0. The van der Waals surface area contributed by atoms with Crippen LogP contribution in [0.2, 0.25) is 0 Å². The van der Waals surface area contributed by atoms with Crippen molar-refractivity contribution in [3.8, 4) is 0 Å². The molecule has 0 N–H and O–H groups in total. The van der Waals surface area contributed by atoms with E-state index >= 15 is 0 Å². The van der Waals surface area contributed by atoms with Crippen molar-refractivity contribution in [2.24, 2.45) is 0 Å². The van der Waals surface area contributed by atoms with E-state index in [-0.39, 0.29) is 12.2 Å². The van der Waals surface area contributed by atoms with Crippen LogP contribution in [0.3, 0.4) is 0 Å². The monoisotopic (exact) mass is 183 g/mol. The van der Waals surface area contributed by atoms with Gasteiger partial charge in [-0.1, -0.05) is 0 Å². The van der Waals surface area contributed by atoms with Gasteiger partial charge in [-0.15, -0.1) is 0 Å². The lowest BCUT2D eigenvalue weighted by atomic mass is 10.0. The molecule has 3 heteroatoms. The van der Waals surface area contributed by atoms with Crippen molar-refractivity contribution in [1.29, 1.82) is 0 Å². The summed E-state index contributed by atoms with van der Waals surface area (Å²) in [7, 11) is 0. The fraction of sp³-hybridized carbons (Fsp3) is 0.900. The smallest absolute Gasteiger partial charge is 0.410 e. The van der Waals surface area contributed by atoms with E-state index in [0.717, 1.165) is 0 Å². The van der Waals surface area contributed by atoms with Gasteiger partial charge in [0.2, 0.25) is 0 Å². The second-order valence-corrected chi connectivity index (χ2v) is 4.30. The van der Waals surface area contributed by atoms with Crippen LogP contribution in [0.4, 0.5) is 4.79 Å². The van der Waals surface area contributed by atoms with Crippen LogP contribution in [-0.4, -0.2) is 29.2 Å². The van der Waals surface area contributed by atoms with Crippen LogP contribution >= 0.6 is 0 Å². The number of carbonyl (C=O) groups excluding carboxylic acids is 1. The fourth-order valence-electron chi connectivity index (χ4n) is 2.47. The van der Waals surface area contributed by atoms with Crippen molar-refractivity contribution < 1.29 is 9.53 Å². The molecule has 2 aliphatic heterocycles. The summed E-state index contributed by atoms with van der Waals surface area (Å²) in [6.45, 7) is 3.80. The van der Waals surface area contributed by atoms with Crippen molar-refractivity contribution in [3.63, 3.8) is 0 Å². The summed E-state index contributed by atoms with van der Waals surface area (Å²) in [5, 5.41) is 0. The molecular weight excluding hydrogens is 166 g/mol. The molecule has 2 fully saturated rings. The van der Waals surface area contributed by atoms with E-state index < -0.39 is 0 Å². The quantitative estimate of drug-likeness (QED) is 0.623.